The highest BCUT2D eigenvalue weighted by Gasteiger charge is 2.09. The fraction of sp³-hybridized carbons (Fsp3) is 0.250. The van der Waals surface area contributed by atoms with E-state index in [2.05, 4.69) is 0 Å². The van der Waals surface area contributed by atoms with E-state index in [4.69, 9.17) is 0 Å². The molecule has 84 valence electrons. The summed E-state index contributed by atoms with van der Waals surface area (Å²) in [6.07, 6.45) is 3.23. The first-order valence-electron chi connectivity index (χ1n) is 5.10. The number of aromatic nitrogens is 1. The molecule has 2 rings (SSSR count). The second kappa shape index (κ2) is 4.22. The maximum Gasteiger partial charge on any atom is 0.205 e. The minimum Gasteiger partial charge on any atom is -0.346 e. The third-order valence-corrected chi connectivity index (χ3v) is 3.52. The lowest BCUT2D eigenvalue weighted by Crippen LogP contribution is -2.14. The summed E-state index contributed by atoms with van der Waals surface area (Å²) in [7, 11) is -1.24. The van der Waals surface area contributed by atoms with Gasteiger partial charge in [0.05, 0.1) is 16.3 Å². The number of para-hydroxylation sites is 1. The van der Waals surface area contributed by atoms with E-state index < -0.39 is 10.8 Å². The molecule has 1 atom stereocenters. The summed E-state index contributed by atoms with van der Waals surface area (Å²) < 4.78 is 13.4. The zero-order valence-electron chi connectivity index (χ0n) is 9.27. The number of rotatable bonds is 2. The lowest BCUT2D eigenvalue weighted by atomic mass is 10.2. The molecule has 0 fully saturated rings. The molecule has 1 aromatic heterocycles. The van der Waals surface area contributed by atoms with Crippen LogP contribution < -0.4 is 5.43 Å². The molecule has 0 radical (unpaired) electrons. The molecule has 0 spiro atoms. The molecule has 0 aliphatic heterocycles. The first-order valence-corrected chi connectivity index (χ1v) is 6.66. The SMILES string of the molecule is CCn1cc(S(C)=O)c(=O)c2ccccc21. The van der Waals surface area contributed by atoms with Crippen LogP contribution in [0.2, 0.25) is 0 Å². The van der Waals surface area contributed by atoms with Crippen LogP contribution in [0.25, 0.3) is 10.9 Å². The molecule has 1 unspecified atom stereocenters. The molecule has 0 aliphatic rings. The van der Waals surface area contributed by atoms with E-state index in [0.29, 0.717) is 10.3 Å². The number of aryl methyl sites for hydroxylation is 1. The van der Waals surface area contributed by atoms with Gasteiger partial charge in [-0.1, -0.05) is 12.1 Å². The standard InChI is InChI=1S/C12H13NO2S/c1-3-13-8-11(16(2)15)12(14)9-6-4-5-7-10(9)13/h4-8H,3H2,1-2H3. The van der Waals surface area contributed by atoms with Crippen LogP contribution in [0.4, 0.5) is 0 Å². The molecule has 0 saturated heterocycles. The third kappa shape index (κ3) is 1.69. The highest BCUT2D eigenvalue weighted by atomic mass is 32.2. The topological polar surface area (TPSA) is 39.1 Å². The number of benzene rings is 1. The van der Waals surface area contributed by atoms with Gasteiger partial charge in [-0.2, -0.15) is 0 Å². The van der Waals surface area contributed by atoms with E-state index in [1.807, 2.05) is 29.7 Å². The molecular weight excluding hydrogens is 222 g/mol. The fourth-order valence-electron chi connectivity index (χ4n) is 1.78. The molecule has 1 heterocycles. The Morgan fingerprint density at radius 3 is 2.62 bits per heavy atom. The maximum atomic E-state index is 12.0. The molecular formula is C12H13NO2S. The van der Waals surface area contributed by atoms with Crippen LogP contribution in [-0.4, -0.2) is 15.0 Å². The summed E-state index contributed by atoms with van der Waals surface area (Å²) in [5.41, 5.74) is 0.769. The Hall–Kier alpha value is -1.42. The van der Waals surface area contributed by atoms with Crippen molar-refractivity contribution in [2.75, 3.05) is 6.26 Å². The van der Waals surface area contributed by atoms with Crippen molar-refractivity contribution in [2.24, 2.45) is 0 Å². The van der Waals surface area contributed by atoms with Gasteiger partial charge in [0, 0.05) is 24.4 Å². The van der Waals surface area contributed by atoms with Crippen LogP contribution in [0.1, 0.15) is 6.92 Å². The van der Waals surface area contributed by atoms with Crippen molar-refractivity contribution >= 4 is 21.7 Å². The van der Waals surface area contributed by atoms with Crippen LogP contribution in [0.15, 0.2) is 40.2 Å². The second-order valence-electron chi connectivity index (χ2n) is 3.58. The van der Waals surface area contributed by atoms with Crippen LogP contribution in [-0.2, 0) is 17.3 Å². The fourth-order valence-corrected chi connectivity index (χ4v) is 2.43. The van der Waals surface area contributed by atoms with E-state index in [0.717, 1.165) is 12.1 Å². The quantitative estimate of drug-likeness (QED) is 0.795. The highest BCUT2D eigenvalue weighted by molar-refractivity contribution is 7.84. The Labute approximate surface area is 96.2 Å². The summed E-state index contributed by atoms with van der Waals surface area (Å²) >= 11 is 0. The molecule has 0 N–H and O–H groups in total. The summed E-state index contributed by atoms with van der Waals surface area (Å²) in [4.78, 5) is 12.4. The lowest BCUT2D eigenvalue weighted by Gasteiger charge is -2.09. The van der Waals surface area contributed by atoms with Gasteiger partial charge in [0.25, 0.3) is 0 Å². The second-order valence-corrected chi connectivity index (χ2v) is 4.93. The Balaban J connectivity index is 2.94. The van der Waals surface area contributed by atoms with Crippen LogP contribution in [0.3, 0.4) is 0 Å². The monoisotopic (exact) mass is 235 g/mol. The zero-order chi connectivity index (χ0) is 11.7. The molecule has 4 heteroatoms. The van der Waals surface area contributed by atoms with Gasteiger partial charge < -0.3 is 4.57 Å². The number of hydrogen-bond donors (Lipinski definition) is 0. The predicted octanol–water partition coefficient (Wildman–Crippen LogP) is 1.76. The van der Waals surface area contributed by atoms with Crippen molar-refractivity contribution in [3.8, 4) is 0 Å². The Kier molecular flexibility index (Phi) is 2.92. The highest BCUT2D eigenvalue weighted by Crippen LogP contribution is 2.12. The van der Waals surface area contributed by atoms with Crippen molar-refractivity contribution in [3.05, 3.63) is 40.7 Å². The van der Waals surface area contributed by atoms with E-state index >= 15 is 0 Å². The van der Waals surface area contributed by atoms with E-state index in [9.17, 15) is 9.00 Å². The summed E-state index contributed by atoms with van der Waals surface area (Å²) in [6.45, 7) is 2.75. The minimum absolute atomic E-state index is 0.124. The largest absolute Gasteiger partial charge is 0.346 e. The summed E-state index contributed by atoms with van der Waals surface area (Å²) in [5, 5.41) is 0.636. The molecule has 3 nitrogen and oxygen atoms in total. The van der Waals surface area contributed by atoms with Gasteiger partial charge in [-0.3, -0.25) is 9.00 Å². The number of fused-ring (bicyclic) bond motifs is 1. The molecule has 0 saturated carbocycles. The Morgan fingerprint density at radius 1 is 1.31 bits per heavy atom. The van der Waals surface area contributed by atoms with Gasteiger partial charge in [0.1, 0.15) is 4.90 Å². The van der Waals surface area contributed by atoms with Gasteiger partial charge in [-0.25, -0.2) is 0 Å². The average molecular weight is 235 g/mol. The summed E-state index contributed by atoms with van der Waals surface area (Å²) in [5.74, 6) is 0. The van der Waals surface area contributed by atoms with Gasteiger partial charge >= 0.3 is 0 Å². The Bertz CT molecular complexity index is 616. The average Bonchev–Trinajstić information content (AvgIpc) is 2.29. The van der Waals surface area contributed by atoms with Crippen molar-refractivity contribution < 1.29 is 4.21 Å². The van der Waals surface area contributed by atoms with Gasteiger partial charge in [-0.05, 0) is 19.1 Å². The molecule has 0 bridgehead atoms. The molecule has 2 aromatic rings. The lowest BCUT2D eigenvalue weighted by molar-refractivity contribution is 0.684. The van der Waals surface area contributed by atoms with Crippen molar-refractivity contribution in [1.29, 1.82) is 0 Å². The Morgan fingerprint density at radius 2 is 2.00 bits per heavy atom. The normalized spacial score (nSPS) is 12.9. The molecule has 1 aromatic carbocycles. The van der Waals surface area contributed by atoms with Crippen LogP contribution in [0, 0.1) is 0 Å². The van der Waals surface area contributed by atoms with Gasteiger partial charge in [0.2, 0.25) is 5.43 Å². The van der Waals surface area contributed by atoms with Gasteiger partial charge in [-0.15, -0.1) is 0 Å². The number of hydrogen-bond acceptors (Lipinski definition) is 2. The van der Waals surface area contributed by atoms with Crippen LogP contribution in [0.5, 0.6) is 0 Å². The first kappa shape index (κ1) is 11.1. The molecule has 16 heavy (non-hydrogen) atoms. The van der Waals surface area contributed by atoms with Crippen molar-refractivity contribution in [3.63, 3.8) is 0 Å². The zero-order valence-corrected chi connectivity index (χ0v) is 10.1. The first-order chi connectivity index (χ1) is 7.65. The number of nitrogens with zero attached hydrogens (tertiary/aromatic N) is 1. The molecule has 0 amide bonds. The predicted molar refractivity (Wildman–Crippen MR) is 66.2 cm³/mol. The maximum absolute atomic E-state index is 12.0. The molecule has 0 aliphatic carbocycles. The van der Waals surface area contributed by atoms with Crippen LogP contribution >= 0.6 is 0 Å². The third-order valence-electron chi connectivity index (χ3n) is 2.61. The smallest absolute Gasteiger partial charge is 0.205 e. The minimum atomic E-state index is -1.24. The summed E-state index contributed by atoms with van der Waals surface area (Å²) in [6, 6.07) is 7.41. The number of pyridine rings is 1. The van der Waals surface area contributed by atoms with E-state index in [-0.39, 0.29) is 5.43 Å². The van der Waals surface area contributed by atoms with E-state index in [1.54, 1.807) is 12.3 Å². The van der Waals surface area contributed by atoms with Gasteiger partial charge in [0.15, 0.2) is 0 Å². The van der Waals surface area contributed by atoms with Crippen molar-refractivity contribution in [2.45, 2.75) is 18.4 Å². The van der Waals surface area contributed by atoms with Crippen molar-refractivity contribution in [1.82, 2.24) is 4.57 Å². The van der Waals surface area contributed by atoms with E-state index in [1.165, 1.54) is 6.26 Å².